The SMILES string of the molecule is CC(CN(C)C)NS(=O)(=O)N1CCCCC1CO. The van der Waals surface area contributed by atoms with Gasteiger partial charge in [0.1, 0.15) is 0 Å². The molecule has 0 aromatic rings. The Kier molecular flexibility index (Phi) is 6.00. The number of rotatable bonds is 6. The summed E-state index contributed by atoms with van der Waals surface area (Å²) in [7, 11) is 0.317. The second kappa shape index (κ2) is 6.81. The van der Waals surface area contributed by atoms with E-state index in [1.54, 1.807) is 0 Å². The lowest BCUT2D eigenvalue weighted by Crippen LogP contribution is -2.53. The molecule has 7 heteroatoms. The minimum absolute atomic E-state index is 0.108. The summed E-state index contributed by atoms with van der Waals surface area (Å²) in [5.74, 6) is 0. The molecule has 1 aliphatic rings. The van der Waals surface area contributed by atoms with E-state index in [1.165, 1.54) is 4.31 Å². The van der Waals surface area contributed by atoms with Crippen LogP contribution in [0.25, 0.3) is 0 Å². The lowest BCUT2D eigenvalue weighted by molar-refractivity contribution is 0.153. The monoisotopic (exact) mass is 279 g/mol. The number of aliphatic hydroxyl groups excluding tert-OH is 1. The average Bonchev–Trinajstić information content (AvgIpc) is 2.27. The fourth-order valence-electron chi connectivity index (χ4n) is 2.38. The first-order chi connectivity index (χ1) is 8.36. The van der Waals surface area contributed by atoms with E-state index in [9.17, 15) is 13.5 Å². The van der Waals surface area contributed by atoms with Gasteiger partial charge in [0.15, 0.2) is 0 Å². The molecule has 1 rings (SSSR count). The number of likely N-dealkylation sites (N-methyl/N-ethyl adjacent to an activating group) is 1. The quantitative estimate of drug-likeness (QED) is 0.695. The van der Waals surface area contributed by atoms with Gasteiger partial charge < -0.3 is 10.0 Å². The highest BCUT2D eigenvalue weighted by Gasteiger charge is 2.32. The van der Waals surface area contributed by atoms with Crippen LogP contribution in [0, 0.1) is 0 Å². The molecule has 0 amide bonds. The minimum atomic E-state index is -3.49. The summed E-state index contributed by atoms with van der Waals surface area (Å²) in [4.78, 5) is 1.94. The maximum absolute atomic E-state index is 12.2. The molecule has 0 spiro atoms. The molecule has 0 aromatic heterocycles. The van der Waals surface area contributed by atoms with Gasteiger partial charge in [-0.25, -0.2) is 0 Å². The van der Waals surface area contributed by atoms with Gasteiger partial charge in [0, 0.05) is 25.2 Å². The molecule has 1 fully saturated rings. The van der Waals surface area contributed by atoms with Crippen LogP contribution in [0.15, 0.2) is 0 Å². The second-order valence-electron chi connectivity index (χ2n) is 5.23. The summed E-state index contributed by atoms with van der Waals surface area (Å²) in [6.07, 6.45) is 2.57. The Labute approximate surface area is 110 Å². The van der Waals surface area contributed by atoms with Gasteiger partial charge in [0.05, 0.1) is 6.61 Å². The van der Waals surface area contributed by atoms with E-state index in [-0.39, 0.29) is 18.7 Å². The summed E-state index contributed by atoms with van der Waals surface area (Å²) in [6.45, 7) is 2.88. The Morgan fingerprint density at radius 3 is 2.67 bits per heavy atom. The minimum Gasteiger partial charge on any atom is -0.395 e. The van der Waals surface area contributed by atoms with Crippen LogP contribution in [0.5, 0.6) is 0 Å². The molecule has 1 aliphatic heterocycles. The number of aliphatic hydroxyl groups is 1. The normalized spacial score (nSPS) is 24.4. The zero-order valence-corrected chi connectivity index (χ0v) is 12.3. The molecule has 1 saturated heterocycles. The predicted octanol–water partition coefficient (Wildman–Crippen LogP) is -0.382. The Bertz CT molecular complexity index is 345. The summed E-state index contributed by atoms with van der Waals surface area (Å²) < 4.78 is 28.5. The molecule has 2 unspecified atom stereocenters. The topological polar surface area (TPSA) is 72.9 Å². The van der Waals surface area contributed by atoms with Crippen molar-refractivity contribution in [2.45, 2.75) is 38.3 Å². The molecule has 6 nitrogen and oxygen atoms in total. The van der Waals surface area contributed by atoms with Gasteiger partial charge in [-0.15, -0.1) is 0 Å². The largest absolute Gasteiger partial charge is 0.395 e. The van der Waals surface area contributed by atoms with Crippen molar-refractivity contribution in [3.05, 3.63) is 0 Å². The van der Waals surface area contributed by atoms with Gasteiger partial charge in [0.2, 0.25) is 0 Å². The molecule has 2 N–H and O–H groups in total. The third-order valence-corrected chi connectivity index (χ3v) is 4.88. The highest BCUT2D eigenvalue weighted by molar-refractivity contribution is 7.87. The highest BCUT2D eigenvalue weighted by atomic mass is 32.2. The Morgan fingerprint density at radius 2 is 2.11 bits per heavy atom. The van der Waals surface area contributed by atoms with Crippen LogP contribution in [-0.2, 0) is 10.2 Å². The van der Waals surface area contributed by atoms with Crippen LogP contribution in [-0.4, -0.2) is 68.6 Å². The van der Waals surface area contributed by atoms with Crippen LogP contribution >= 0.6 is 0 Å². The molecule has 2 atom stereocenters. The number of nitrogens with zero attached hydrogens (tertiary/aromatic N) is 2. The molecule has 0 bridgehead atoms. The molecule has 0 saturated carbocycles. The molecule has 0 radical (unpaired) electrons. The van der Waals surface area contributed by atoms with Crippen LogP contribution in [0.1, 0.15) is 26.2 Å². The molecule has 108 valence electrons. The van der Waals surface area contributed by atoms with Gasteiger partial charge in [0.25, 0.3) is 10.2 Å². The molecular formula is C11H25N3O3S. The van der Waals surface area contributed by atoms with Crippen molar-refractivity contribution in [2.24, 2.45) is 0 Å². The number of hydrogen-bond donors (Lipinski definition) is 2. The van der Waals surface area contributed by atoms with E-state index in [0.717, 1.165) is 19.3 Å². The summed E-state index contributed by atoms with van der Waals surface area (Å²) >= 11 is 0. The van der Waals surface area contributed by atoms with Gasteiger partial charge in [-0.1, -0.05) is 6.42 Å². The molecule has 0 aliphatic carbocycles. The van der Waals surface area contributed by atoms with Gasteiger partial charge in [-0.05, 0) is 33.9 Å². The fraction of sp³-hybridized carbons (Fsp3) is 1.00. The second-order valence-corrected chi connectivity index (χ2v) is 6.88. The third-order valence-electron chi connectivity index (χ3n) is 3.08. The first-order valence-corrected chi connectivity index (χ1v) is 7.85. The van der Waals surface area contributed by atoms with Gasteiger partial charge in [-0.3, -0.25) is 0 Å². The van der Waals surface area contributed by atoms with E-state index >= 15 is 0 Å². The first-order valence-electron chi connectivity index (χ1n) is 6.41. The Hall–Kier alpha value is -0.210. The standard InChI is InChI=1S/C11H25N3O3S/c1-10(8-13(2)3)12-18(16,17)14-7-5-4-6-11(14)9-15/h10-12,15H,4-9H2,1-3H3. The van der Waals surface area contributed by atoms with Crippen LogP contribution in [0.2, 0.25) is 0 Å². The van der Waals surface area contributed by atoms with Crippen molar-refractivity contribution < 1.29 is 13.5 Å². The van der Waals surface area contributed by atoms with E-state index in [4.69, 9.17) is 0 Å². The summed E-state index contributed by atoms with van der Waals surface area (Å²) in [5.41, 5.74) is 0. The van der Waals surface area contributed by atoms with Crippen molar-refractivity contribution in [1.82, 2.24) is 13.9 Å². The molecule has 0 aromatic carbocycles. The Balaban J connectivity index is 2.66. The highest BCUT2D eigenvalue weighted by Crippen LogP contribution is 2.19. The van der Waals surface area contributed by atoms with Gasteiger partial charge >= 0.3 is 0 Å². The Morgan fingerprint density at radius 1 is 1.44 bits per heavy atom. The number of piperidine rings is 1. The molecule has 18 heavy (non-hydrogen) atoms. The summed E-state index contributed by atoms with van der Waals surface area (Å²) in [5, 5.41) is 9.26. The smallest absolute Gasteiger partial charge is 0.280 e. The molecule has 1 heterocycles. The zero-order chi connectivity index (χ0) is 13.8. The number of hydrogen-bond acceptors (Lipinski definition) is 4. The third kappa shape index (κ3) is 4.47. The van der Waals surface area contributed by atoms with Crippen LogP contribution in [0.3, 0.4) is 0 Å². The number of nitrogens with one attached hydrogen (secondary N) is 1. The maximum atomic E-state index is 12.2. The lowest BCUT2D eigenvalue weighted by Gasteiger charge is -2.34. The first kappa shape index (κ1) is 15.8. The van der Waals surface area contributed by atoms with E-state index in [1.807, 2.05) is 25.9 Å². The van der Waals surface area contributed by atoms with E-state index < -0.39 is 10.2 Å². The predicted molar refractivity (Wildman–Crippen MR) is 71.5 cm³/mol. The van der Waals surface area contributed by atoms with Crippen molar-refractivity contribution >= 4 is 10.2 Å². The van der Waals surface area contributed by atoms with Crippen molar-refractivity contribution in [2.75, 3.05) is 33.8 Å². The van der Waals surface area contributed by atoms with Crippen molar-refractivity contribution in [3.63, 3.8) is 0 Å². The average molecular weight is 279 g/mol. The van der Waals surface area contributed by atoms with Crippen LogP contribution < -0.4 is 4.72 Å². The van der Waals surface area contributed by atoms with E-state index in [2.05, 4.69) is 4.72 Å². The fourth-order valence-corrected chi connectivity index (χ4v) is 4.03. The van der Waals surface area contributed by atoms with Crippen molar-refractivity contribution in [3.8, 4) is 0 Å². The lowest BCUT2D eigenvalue weighted by atomic mass is 10.1. The van der Waals surface area contributed by atoms with Crippen LogP contribution in [0.4, 0.5) is 0 Å². The van der Waals surface area contributed by atoms with E-state index in [0.29, 0.717) is 13.1 Å². The maximum Gasteiger partial charge on any atom is 0.280 e. The van der Waals surface area contributed by atoms with Gasteiger partial charge in [-0.2, -0.15) is 17.4 Å². The summed E-state index contributed by atoms with van der Waals surface area (Å²) in [6, 6.07) is -0.422. The zero-order valence-electron chi connectivity index (χ0n) is 11.5. The van der Waals surface area contributed by atoms with Crippen molar-refractivity contribution in [1.29, 1.82) is 0 Å². The molecular weight excluding hydrogens is 254 g/mol.